The molecule has 5 heteroatoms. The summed E-state index contributed by atoms with van der Waals surface area (Å²) in [4.78, 5) is 12.2. The molecule has 24 heavy (non-hydrogen) atoms. The lowest BCUT2D eigenvalue weighted by Crippen LogP contribution is -2.37. The summed E-state index contributed by atoms with van der Waals surface area (Å²) in [6.45, 7) is 4.83. The molecule has 2 aromatic rings. The minimum Gasteiger partial charge on any atom is -0.493 e. The number of carbonyl (C=O) groups excluding carboxylic acids is 1. The zero-order valence-corrected chi connectivity index (χ0v) is 14.3. The molecule has 0 unspecified atom stereocenters. The number of rotatable bonds is 8. The van der Waals surface area contributed by atoms with Gasteiger partial charge in [-0.05, 0) is 31.5 Å². The molecule has 0 aliphatic carbocycles. The molecule has 0 radical (unpaired) electrons. The maximum atomic E-state index is 12.2. The first-order chi connectivity index (χ1) is 11.6. The monoisotopic (exact) mass is 328 g/mol. The van der Waals surface area contributed by atoms with Crippen molar-refractivity contribution in [2.24, 2.45) is 0 Å². The van der Waals surface area contributed by atoms with Crippen molar-refractivity contribution in [1.82, 2.24) is 5.32 Å². The fourth-order valence-electron chi connectivity index (χ4n) is 2.29. The standard InChI is InChI=1S/C19H24N2O3/c1-4-24-17-11-10-16(12-18(17)23-3)21-14(2)19(22)20-13-15-8-6-5-7-9-15/h5-12,14,21H,4,13H2,1-3H3,(H,20,22)/t14-/m0/s1. The van der Waals surface area contributed by atoms with Crippen molar-refractivity contribution < 1.29 is 14.3 Å². The molecule has 0 saturated carbocycles. The van der Waals surface area contributed by atoms with E-state index in [9.17, 15) is 4.79 Å². The predicted octanol–water partition coefficient (Wildman–Crippen LogP) is 3.21. The molecular formula is C19H24N2O3. The van der Waals surface area contributed by atoms with Gasteiger partial charge in [-0.2, -0.15) is 0 Å². The molecule has 0 saturated heterocycles. The molecule has 2 rings (SSSR count). The van der Waals surface area contributed by atoms with Gasteiger partial charge in [0.05, 0.1) is 13.7 Å². The second kappa shape index (κ2) is 8.82. The summed E-state index contributed by atoms with van der Waals surface area (Å²) in [6.07, 6.45) is 0. The summed E-state index contributed by atoms with van der Waals surface area (Å²) in [5, 5.41) is 6.10. The first kappa shape index (κ1) is 17.7. The van der Waals surface area contributed by atoms with Crippen LogP contribution in [0.5, 0.6) is 11.5 Å². The normalized spacial score (nSPS) is 11.5. The molecule has 1 atom stereocenters. The molecule has 0 bridgehead atoms. The Kier molecular flexibility index (Phi) is 6.49. The van der Waals surface area contributed by atoms with E-state index in [1.165, 1.54) is 0 Å². The van der Waals surface area contributed by atoms with E-state index in [0.717, 1.165) is 11.3 Å². The number of hydrogen-bond acceptors (Lipinski definition) is 4. The lowest BCUT2D eigenvalue weighted by molar-refractivity contribution is -0.121. The topological polar surface area (TPSA) is 59.6 Å². The van der Waals surface area contributed by atoms with Crippen molar-refractivity contribution in [3.05, 3.63) is 54.1 Å². The van der Waals surface area contributed by atoms with Crippen LogP contribution >= 0.6 is 0 Å². The van der Waals surface area contributed by atoms with Gasteiger partial charge in [-0.25, -0.2) is 0 Å². The lowest BCUT2D eigenvalue weighted by atomic mass is 10.2. The number of anilines is 1. The Labute approximate surface area is 143 Å². The van der Waals surface area contributed by atoms with Gasteiger partial charge in [0.25, 0.3) is 0 Å². The van der Waals surface area contributed by atoms with Crippen molar-refractivity contribution >= 4 is 11.6 Å². The minimum absolute atomic E-state index is 0.0632. The zero-order chi connectivity index (χ0) is 17.4. The number of ether oxygens (including phenoxy) is 2. The van der Waals surface area contributed by atoms with Gasteiger partial charge < -0.3 is 20.1 Å². The van der Waals surface area contributed by atoms with Gasteiger partial charge in [0.15, 0.2) is 11.5 Å². The van der Waals surface area contributed by atoms with Crippen LogP contribution in [0, 0.1) is 0 Å². The van der Waals surface area contributed by atoms with E-state index in [0.29, 0.717) is 24.7 Å². The van der Waals surface area contributed by atoms with Crippen molar-refractivity contribution in [3.63, 3.8) is 0 Å². The van der Waals surface area contributed by atoms with Gasteiger partial charge in [-0.3, -0.25) is 4.79 Å². The fourth-order valence-corrected chi connectivity index (χ4v) is 2.29. The van der Waals surface area contributed by atoms with Gasteiger partial charge in [-0.15, -0.1) is 0 Å². The van der Waals surface area contributed by atoms with Crippen molar-refractivity contribution in [3.8, 4) is 11.5 Å². The highest BCUT2D eigenvalue weighted by Crippen LogP contribution is 2.30. The number of hydrogen-bond donors (Lipinski definition) is 2. The molecule has 2 N–H and O–H groups in total. The molecule has 0 aliphatic rings. The molecule has 0 spiro atoms. The summed E-state index contributed by atoms with van der Waals surface area (Å²) in [5.41, 5.74) is 1.87. The number of amides is 1. The average molecular weight is 328 g/mol. The average Bonchev–Trinajstić information content (AvgIpc) is 2.61. The highest BCUT2D eigenvalue weighted by molar-refractivity contribution is 5.84. The van der Waals surface area contributed by atoms with Crippen molar-refractivity contribution in [1.29, 1.82) is 0 Å². The molecular weight excluding hydrogens is 304 g/mol. The summed E-state index contributed by atoms with van der Waals surface area (Å²) in [7, 11) is 1.59. The first-order valence-corrected chi connectivity index (χ1v) is 8.03. The molecule has 0 fully saturated rings. The third kappa shape index (κ3) is 4.91. The van der Waals surface area contributed by atoms with Crippen LogP contribution in [-0.2, 0) is 11.3 Å². The highest BCUT2D eigenvalue weighted by atomic mass is 16.5. The second-order valence-electron chi connectivity index (χ2n) is 5.37. The first-order valence-electron chi connectivity index (χ1n) is 8.03. The molecule has 128 valence electrons. The van der Waals surface area contributed by atoms with Gasteiger partial charge in [-0.1, -0.05) is 30.3 Å². The summed E-state index contributed by atoms with van der Waals surface area (Å²) in [5.74, 6) is 1.26. The van der Waals surface area contributed by atoms with E-state index in [-0.39, 0.29) is 11.9 Å². The third-order valence-electron chi connectivity index (χ3n) is 3.55. The zero-order valence-electron chi connectivity index (χ0n) is 14.3. The Balaban J connectivity index is 1.93. The number of carbonyl (C=O) groups is 1. The Hall–Kier alpha value is -2.69. The maximum absolute atomic E-state index is 12.2. The SMILES string of the molecule is CCOc1ccc(N[C@@H](C)C(=O)NCc2ccccc2)cc1OC. The van der Waals surface area contributed by atoms with Crippen molar-refractivity contribution in [2.75, 3.05) is 19.0 Å². The van der Waals surface area contributed by atoms with Crippen LogP contribution < -0.4 is 20.1 Å². The van der Waals surface area contributed by atoms with Gasteiger partial charge in [0.2, 0.25) is 5.91 Å². The van der Waals surface area contributed by atoms with Gasteiger partial charge in [0.1, 0.15) is 6.04 Å². The van der Waals surface area contributed by atoms with Gasteiger partial charge >= 0.3 is 0 Å². The number of nitrogens with one attached hydrogen (secondary N) is 2. The summed E-state index contributed by atoms with van der Waals surface area (Å²) >= 11 is 0. The van der Waals surface area contributed by atoms with Crippen molar-refractivity contribution in [2.45, 2.75) is 26.4 Å². The third-order valence-corrected chi connectivity index (χ3v) is 3.55. The molecule has 5 nitrogen and oxygen atoms in total. The van der Waals surface area contributed by atoms with E-state index in [2.05, 4.69) is 10.6 Å². The Morgan fingerprint density at radius 2 is 1.88 bits per heavy atom. The summed E-state index contributed by atoms with van der Waals surface area (Å²) in [6, 6.07) is 15.0. The van der Waals surface area contributed by atoms with E-state index in [1.54, 1.807) is 7.11 Å². The van der Waals surface area contributed by atoms with Crippen LogP contribution in [-0.4, -0.2) is 25.7 Å². The smallest absolute Gasteiger partial charge is 0.242 e. The van der Waals surface area contributed by atoms with Crippen LogP contribution in [0.25, 0.3) is 0 Å². The minimum atomic E-state index is -0.364. The fraction of sp³-hybridized carbons (Fsp3) is 0.316. The lowest BCUT2D eigenvalue weighted by Gasteiger charge is -2.17. The molecule has 1 amide bonds. The van der Waals surface area contributed by atoms with Crippen LogP contribution in [0.15, 0.2) is 48.5 Å². The Morgan fingerprint density at radius 1 is 1.12 bits per heavy atom. The van der Waals surface area contributed by atoms with Crippen LogP contribution in [0.2, 0.25) is 0 Å². The molecule has 0 aromatic heterocycles. The molecule has 0 heterocycles. The van der Waals surface area contributed by atoms with E-state index in [1.807, 2.05) is 62.4 Å². The molecule has 2 aromatic carbocycles. The largest absolute Gasteiger partial charge is 0.493 e. The Bertz CT molecular complexity index is 659. The van der Waals surface area contributed by atoms with Crippen LogP contribution in [0.1, 0.15) is 19.4 Å². The van der Waals surface area contributed by atoms with E-state index in [4.69, 9.17) is 9.47 Å². The Morgan fingerprint density at radius 3 is 2.54 bits per heavy atom. The number of methoxy groups -OCH3 is 1. The number of benzene rings is 2. The molecule has 0 aliphatic heterocycles. The quantitative estimate of drug-likeness (QED) is 0.781. The highest BCUT2D eigenvalue weighted by Gasteiger charge is 2.13. The van der Waals surface area contributed by atoms with Crippen LogP contribution in [0.3, 0.4) is 0 Å². The summed E-state index contributed by atoms with van der Waals surface area (Å²) < 4.78 is 10.8. The maximum Gasteiger partial charge on any atom is 0.242 e. The van der Waals surface area contributed by atoms with Crippen LogP contribution in [0.4, 0.5) is 5.69 Å². The van der Waals surface area contributed by atoms with E-state index < -0.39 is 0 Å². The predicted molar refractivity (Wildman–Crippen MR) is 95.5 cm³/mol. The second-order valence-corrected chi connectivity index (χ2v) is 5.37. The van der Waals surface area contributed by atoms with Gasteiger partial charge in [0, 0.05) is 18.3 Å². The van der Waals surface area contributed by atoms with E-state index >= 15 is 0 Å².